The van der Waals surface area contributed by atoms with E-state index < -0.39 is 19.9 Å². The average molecular weight is 451 g/mol. The Morgan fingerprint density at radius 1 is 0.828 bits per heavy atom. The summed E-state index contributed by atoms with van der Waals surface area (Å²) in [6, 6.07) is 18.0. The van der Waals surface area contributed by atoms with Gasteiger partial charge in [0, 0.05) is 11.9 Å². The number of hydrogen-bond donors (Lipinski definition) is 2. The van der Waals surface area contributed by atoms with E-state index in [1.165, 1.54) is 12.1 Å². The summed E-state index contributed by atoms with van der Waals surface area (Å²) >= 11 is 6.05. The van der Waals surface area contributed by atoms with Gasteiger partial charge in [-0.25, -0.2) is 16.8 Å². The highest BCUT2D eigenvalue weighted by Crippen LogP contribution is 2.30. The van der Waals surface area contributed by atoms with E-state index in [-0.39, 0.29) is 14.8 Å². The molecule has 0 aliphatic carbocycles. The molecule has 0 spiro atoms. The van der Waals surface area contributed by atoms with Crippen molar-refractivity contribution in [1.82, 2.24) is 0 Å². The molecule has 0 aliphatic rings. The van der Waals surface area contributed by atoms with Gasteiger partial charge in [-0.15, -0.1) is 0 Å². The summed E-state index contributed by atoms with van der Waals surface area (Å²) in [7, 11) is -7.73. The number of rotatable bonds is 6. The van der Waals surface area contributed by atoms with Gasteiger partial charge in [-0.05, 0) is 49.4 Å². The number of sulfonamides is 1. The topological polar surface area (TPSA) is 92.3 Å². The molecule has 0 radical (unpaired) electrons. The smallest absolute Gasteiger partial charge is 0.263 e. The van der Waals surface area contributed by atoms with Gasteiger partial charge in [0.25, 0.3) is 10.0 Å². The molecule has 9 heteroatoms. The van der Waals surface area contributed by atoms with Crippen LogP contribution in [0.5, 0.6) is 0 Å². The van der Waals surface area contributed by atoms with Crippen LogP contribution in [0.15, 0.2) is 76.5 Å². The van der Waals surface area contributed by atoms with Gasteiger partial charge in [-0.2, -0.15) is 0 Å². The van der Waals surface area contributed by atoms with E-state index >= 15 is 0 Å². The van der Waals surface area contributed by atoms with E-state index in [9.17, 15) is 16.8 Å². The van der Waals surface area contributed by atoms with Gasteiger partial charge in [0.2, 0.25) is 0 Å². The van der Waals surface area contributed by atoms with E-state index in [2.05, 4.69) is 10.0 Å². The lowest BCUT2D eigenvalue weighted by molar-refractivity contribution is 0.600. The second kappa shape index (κ2) is 8.06. The zero-order chi connectivity index (χ0) is 21.2. The fraction of sp³-hybridized carbons (Fsp3) is 0.100. The first-order valence-corrected chi connectivity index (χ1v) is 12.3. The van der Waals surface area contributed by atoms with Crippen molar-refractivity contribution in [3.8, 4) is 0 Å². The maximum atomic E-state index is 12.9. The third kappa shape index (κ3) is 5.09. The van der Waals surface area contributed by atoms with Gasteiger partial charge in [-0.1, -0.05) is 41.4 Å². The summed E-state index contributed by atoms with van der Waals surface area (Å²) in [6.07, 6.45) is 1.00. The van der Waals surface area contributed by atoms with Crippen LogP contribution in [0.3, 0.4) is 0 Å². The van der Waals surface area contributed by atoms with Crippen LogP contribution in [0.25, 0.3) is 0 Å². The summed E-state index contributed by atoms with van der Waals surface area (Å²) in [5.74, 6) is 0. The Kier molecular flexibility index (Phi) is 5.88. The van der Waals surface area contributed by atoms with Gasteiger partial charge in [0.15, 0.2) is 9.84 Å². The number of sulfone groups is 1. The Morgan fingerprint density at radius 3 is 2.07 bits per heavy atom. The molecule has 3 aromatic carbocycles. The minimum Gasteiger partial charge on any atom is -0.354 e. The summed E-state index contributed by atoms with van der Waals surface area (Å²) in [6.45, 7) is 1.97. The monoisotopic (exact) mass is 450 g/mol. The van der Waals surface area contributed by atoms with E-state index in [0.717, 1.165) is 23.6 Å². The maximum absolute atomic E-state index is 12.9. The van der Waals surface area contributed by atoms with Crippen molar-refractivity contribution in [2.24, 2.45) is 0 Å². The van der Waals surface area contributed by atoms with Crippen molar-refractivity contribution in [3.05, 3.63) is 77.3 Å². The summed E-state index contributed by atoms with van der Waals surface area (Å²) < 4.78 is 51.9. The minimum absolute atomic E-state index is 0.0751. The van der Waals surface area contributed by atoms with Crippen molar-refractivity contribution in [2.75, 3.05) is 16.3 Å². The molecule has 0 saturated carbocycles. The van der Waals surface area contributed by atoms with E-state index in [1.807, 2.05) is 31.2 Å². The Balaban J connectivity index is 1.97. The average Bonchev–Trinajstić information content (AvgIpc) is 2.64. The molecule has 0 unspecified atom stereocenters. The van der Waals surface area contributed by atoms with Crippen molar-refractivity contribution < 1.29 is 16.8 Å². The molecule has 3 rings (SSSR count). The lowest BCUT2D eigenvalue weighted by Gasteiger charge is -2.15. The number of anilines is 3. The lowest BCUT2D eigenvalue weighted by Crippen LogP contribution is -2.15. The van der Waals surface area contributed by atoms with Gasteiger partial charge < -0.3 is 5.32 Å². The predicted octanol–water partition coefficient (Wildman–Crippen LogP) is 4.60. The molecule has 0 bridgehead atoms. The Labute approximate surface area is 175 Å². The van der Waals surface area contributed by atoms with Gasteiger partial charge >= 0.3 is 0 Å². The first-order chi connectivity index (χ1) is 13.6. The highest BCUT2D eigenvalue weighted by Gasteiger charge is 2.22. The van der Waals surface area contributed by atoms with Crippen LogP contribution in [-0.2, 0) is 19.9 Å². The van der Waals surface area contributed by atoms with Gasteiger partial charge in [0.1, 0.15) is 4.90 Å². The van der Waals surface area contributed by atoms with Crippen molar-refractivity contribution in [2.45, 2.75) is 16.7 Å². The van der Waals surface area contributed by atoms with Crippen molar-refractivity contribution >= 4 is 48.5 Å². The SMILES string of the molecule is Cc1ccc(Nc2ccccc2NS(=O)(=O)c2cc(S(C)(=O)=O)ccc2Cl)cc1. The number of benzene rings is 3. The summed E-state index contributed by atoms with van der Waals surface area (Å²) in [5.41, 5.74) is 2.73. The molecule has 3 aromatic rings. The second-order valence-corrected chi connectivity index (χ2v) is 10.6. The lowest BCUT2D eigenvalue weighted by atomic mass is 10.2. The quantitative estimate of drug-likeness (QED) is 0.572. The normalized spacial score (nSPS) is 11.8. The molecule has 0 amide bonds. The molecule has 0 fully saturated rings. The van der Waals surface area contributed by atoms with Crippen LogP contribution in [0, 0.1) is 6.92 Å². The summed E-state index contributed by atoms with van der Waals surface area (Å²) in [5, 5.41) is 3.09. The molecule has 152 valence electrons. The molecular weight excluding hydrogens is 432 g/mol. The minimum atomic E-state index is -4.13. The third-order valence-corrected chi connectivity index (χ3v) is 7.08. The third-order valence-electron chi connectivity index (χ3n) is 4.12. The van der Waals surface area contributed by atoms with Crippen LogP contribution in [0.2, 0.25) is 5.02 Å². The molecule has 0 heterocycles. The molecule has 2 N–H and O–H groups in total. The summed E-state index contributed by atoms with van der Waals surface area (Å²) in [4.78, 5) is -0.444. The molecule has 6 nitrogen and oxygen atoms in total. The molecule has 0 atom stereocenters. The molecular formula is C20H19ClN2O4S2. The highest BCUT2D eigenvalue weighted by molar-refractivity contribution is 7.93. The predicted molar refractivity (Wildman–Crippen MR) is 116 cm³/mol. The standard InChI is InChI=1S/C20H19ClN2O4S2/c1-14-7-9-15(10-8-14)22-18-5-3-4-6-19(18)23-29(26,27)20-13-16(28(2,24)25)11-12-17(20)21/h3-13,22-23H,1-2H3. The number of para-hydroxylation sites is 2. The first-order valence-electron chi connectivity index (χ1n) is 8.51. The van der Waals surface area contributed by atoms with Crippen molar-refractivity contribution in [3.63, 3.8) is 0 Å². The zero-order valence-electron chi connectivity index (χ0n) is 15.7. The Morgan fingerprint density at radius 2 is 1.45 bits per heavy atom. The number of halogens is 1. The molecule has 29 heavy (non-hydrogen) atoms. The fourth-order valence-corrected chi connectivity index (χ4v) is 4.92. The maximum Gasteiger partial charge on any atom is 0.263 e. The van der Waals surface area contributed by atoms with Gasteiger partial charge in [0.05, 0.1) is 21.3 Å². The van der Waals surface area contributed by atoms with Gasteiger partial charge in [-0.3, -0.25) is 4.72 Å². The molecule has 0 saturated heterocycles. The van der Waals surface area contributed by atoms with Crippen LogP contribution >= 0.6 is 11.6 Å². The number of nitrogens with one attached hydrogen (secondary N) is 2. The first kappa shape index (κ1) is 21.2. The van der Waals surface area contributed by atoms with Crippen LogP contribution in [0.4, 0.5) is 17.1 Å². The van der Waals surface area contributed by atoms with E-state index in [1.54, 1.807) is 24.3 Å². The largest absolute Gasteiger partial charge is 0.354 e. The highest BCUT2D eigenvalue weighted by atomic mass is 35.5. The fourth-order valence-electron chi connectivity index (χ4n) is 2.59. The number of aryl methyl sites for hydroxylation is 1. The Hall–Kier alpha value is -2.55. The zero-order valence-corrected chi connectivity index (χ0v) is 18.1. The second-order valence-electron chi connectivity index (χ2n) is 6.51. The van der Waals surface area contributed by atoms with Crippen LogP contribution in [0.1, 0.15) is 5.56 Å². The Bertz CT molecular complexity index is 1260. The van der Waals surface area contributed by atoms with E-state index in [0.29, 0.717) is 11.4 Å². The van der Waals surface area contributed by atoms with Crippen LogP contribution < -0.4 is 10.0 Å². The van der Waals surface area contributed by atoms with Crippen LogP contribution in [-0.4, -0.2) is 23.1 Å². The van der Waals surface area contributed by atoms with Crippen molar-refractivity contribution in [1.29, 1.82) is 0 Å². The molecule has 0 aliphatic heterocycles. The van der Waals surface area contributed by atoms with E-state index in [4.69, 9.17) is 11.6 Å². The number of hydrogen-bond acceptors (Lipinski definition) is 5. The molecule has 0 aromatic heterocycles.